The van der Waals surface area contributed by atoms with Gasteiger partial charge in [0.05, 0.1) is 5.25 Å². The van der Waals surface area contributed by atoms with E-state index in [0.29, 0.717) is 17.5 Å². The molecule has 0 aliphatic rings. The Morgan fingerprint density at radius 2 is 2.08 bits per heavy atom. The minimum Gasteiger partial charge on any atom is -0.396 e. The standard InChI is InChI=1S/C9H18O2S/c1-4-9(11)8(3)12-7(2)5-6-10/h7-8,10H,4-6H2,1-3H3. The van der Waals surface area contributed by atoms with Crippen LogP contribution in [0.5, 0.6) is 0 Å². The number of hydrogen-bond donors (Lipinski definition) is 1. The van der Waals surface area contributed by atoms with Crippen molar-refractivity contribution in [2.24, 2.45) is 0 Å². The number of aliphatic hydroxyl groups excluding tert-OH is 1. The second kappa shape index (κ2) is 6.49. The molecule has 0 bridgehead atoms. The first-order valence-electron chi connectivity index (χ1n) is 4.40. The van der Waals surface area contributed by atoms with Crippen molar-refractivity contribution in [2.45, 2.75) is 44.1 Å². The average Bonchev–Trinajstić information content (AvgIpc) is 2.03. The predicted molar refractivity (Wildman–Crippen MR) is 53.5 cm³/mol. The molecule has 0 aromatic heterocycles. The van der Waals surface area contributed by atoms with Crippen LogP contribution in [-0.2, 0) is 4.79 Å². The molecule has 0 fully saturated rings. The van der Waals surface area contributed by atoms with E-state index in [4.69, 9.17) is 5.11 Å². The summed E-state index contributed by atoms with van der Waals surface area (Å²) in [6, 6.07) is 0. The summed E-state index contributed by atoms with van der Waals surface area (Å²) in [4.78, 5) is 11.2. The second-order valence-corrected chi connectivity index (χ2v) is 4.71. The van der Waals surface area contributed by atoms with Gasteiger partial charge in [-0.1, -0.05) is 13.8 Å². The van der Waals surface area contributed by atoms with Crippen molar-refractivity contribution < 1.29 is 9.90 Å². The minimum atomic E-state index is 0.0801. The molecule has 12 heavy (non-hydrogen) atoms. The molecule has 2 unspecified atom stereocenters. The quantitative estimate of drug-likeness (QED) is 0.694. The monoisotopic (exact) mass is 190 g/mol. The van der Waals surface area contributed by atoms with E-state index in [0.717, 1.165) is 6.42 Å². The zero-order valence-electron chi connectivity index (χ0n) is 8.04. The second-order valence-electron chi connectivity index (χ2n) is 2.92. The maximum absolute atomic E-state index is 11.2. The van der Waals surface area contributed by atoms with Gasteiger partial charge in [-0.2, -0.15) is 0 Å². The molecule has 0 saturated carbocycles. The van der Waals surface area contributed by atoms with E-state index in [-0.39, 0.29) is 11.9 Å². The van der Waals surface area contributed by atoms with Crippen molar-refractivity contribution in [2.75, 3.05) is 6.61 Å². The summed E-state index contributed by atoms with van der Waals surface area (Å²) in [7, 11) is 0. The Morgan fingerprint density at radius 1 is 1.50 bits per heavy atom. The molecule has 0 rings (SSSR count). The summed E-state index contributed by atoms with van der Waals surface area (Å²) in [6.45, 7) is 6.07. The van der Waals surface area contributed by atoms with E-state index >= 15 is 0 Å². The molecular weight excluding hydrogens is 172 g/mol. The van der Waals surface area contributed by atoms with Crippen LogP contribution in [-0.4, -0.2) is 28.0 Å². The maximum atomic E-state index is 11.2. The van der Waals surface area contributed by atoms with Gasteiger partial charge in [0.2, 0.25) is 0 Å². The van der Waals surface area contributed by atoms with Gasteiger partial charge >= 0.3 is 0 Å². The van der Waals surface area contributed by atoms with Crippen LogP contribution < -0.4 is 0 Å². The molecule has 0 saturated heterocycles. The van der Waals surface area contributed by atoms with Crippen molar-refractivity contribution in [3.63, 3.8) is 0 Å². The summed E-state index contributed by atoms with van der Waals surface area (Å²) in [5, 5.41) is 9.10. The van der Waals surface area contributed by atoms with Gasteiger partial charge in [0.25, 0.3) is 0 Å². The molecule has 1 N–H and O–H groups in total. The van der Waals surface area contributed by atoms with Gasteiger partial charge in [-0.15, -0.1) is 11.8 Å². The molecule has 0 radical (unpaired) electrons. The van der Waals surface area contributed by atoms with Crippen LogP contribution in [0.1, 0.15) is 33.6 Å². The predicted octanol–water partition coefficient (Wildman–Crippen LogP) is 1.86. The van der Waals surface area contributed by atoms with E-state index in [9.17, 15) is 4.79 Å². The third-order valence-electron chi connectivity index (χ3n) is 1.77. The first kappa shape index (κ1) is 12.0. The highest BCUT2D eigenvalue weighted by molar-refractivity contribution is 8.01. The fraction of sp³-hybridized carbons (Fsp3) is 0.889. The molecule has 0 spiro atoms. The Bertz CT molecular complexity index is 136. The lowest BCUT2D eigenvalue weighted by Crippen LogP contribution is -2.15. The topological polar surface area (TPSA) is 37.3 Å². The van der Waals surface area contributed by atoms with Crippen LogP contribution in [0, 0.1) is 0 Å². The van der Waals surface area contributed by atoms with Gasteiger partial charge in [-0.3, -0.25) is 4.79 Å². The molecule has 72 valence electrons. The Kier molecular flexibility index (Phi) is 6.48. The Morgan fingerprint density at radius 3 is 2.50 bits per heavy atom. The van der Waals surface area contributed by atoms with Crippen LogP contribution >= 0.6 is 11.8 Å². The summed E-state index contributed by atoms with van der Waals surface area (Å²) in [5.74, 6) is 0.296. The lowest BCUT2D eigenvalue weighted by molar-refractivity contribution is -0.118. The van der Waals surface area contributed by atoms with Crippen LogP contribution in [0.4, 0.5) is 0 Å². The first-order chi connectivity index (χ1) is 5.61. The van der Waals surface area contributed by atoms with Gasteiger partial charge in [-0.05, 0) is 13.3 Å². The summed E-state index contributed by atoms with van der Waals surface area (Å²) in [5.41, 5.74) is 0. The van der Waals surface area contributed by atoms with E-state index in [1.165, 1.54) is 0 Å². The highest BCUT2D eigenvalue weighted by Crippen LogP contribution is 2.21. The fourth-order valence-corrected chi connectivity index (χ4v) is 2.22. The van der Waals surface area contributed by atoms with Crippen LogP contribution in [0.15, 0.2) is 0 Å². The Hall–Kier alpha value is -0.0200. The summed E-state index contributed by atoms with van der Waals surface area (Å²) in [6.07, 6.45) is 1.38. The smallest absolute Gasteiger partial charge is 0.145 e. The summed E-state index contributed by atoms with van der Waals surface area (Å²) >= 11 is 1.65. The van der Waals surface area contributed by atoms with E-state index < -0.39 is 0 Å². The van der Waals surface area contributed by atoms with Crippen molar-refractivity contribution in [3.05, 3.63) is 0 Å². The van der Waals surface area contributed by atoms with Crippen molar-refractivity contribution >= 4 is 17.5 Å². The molecule has 2 nitrogen and oxygen atoms in total. The Labute approximate surface area is 78.7 Å². The molecule has 0 aliphatic carbocycles. The number of Topliss-reactive ketones (excluding diaryl/α,β-unsaturated/α-hetero) is 1. The maximum Gasteiger partial charge on any atom is 0.145 e. The zero-order valence-corrected chi connectivity index (χ0v) is 8.86. The number of aliphatic hydroxyl groups is 1. The molecule has 0 amide bonds. The van der Waals surface area contributed by atoms with Gasteiger partial charge in [0.15, 0.2) is 0 Å². The van der Waals surface area contributed by atoms with Crippen molar-refractivity contribution in [3.8, 4) is 0 Å². The highest BCUT2D eigenvalue weighted by Gasteiger charge is 2.14. The number of ketones is 1. The van der Waals surface area contributed by atoms with Gasteiger partial charge in [0, 0.05) is 18.3 Å². The highest BCUT2D eigenvalue weighted by atomic mass is 32.2. The van der Waals surface area contributed by atoms with Crippen LogP contribution in [0.2, 0.25) is 0 Å². The van der Waals surface area contributed by atoms with Crippen LogP contribution in [0.25, 0.3) is 0 Å². The number of thioether (sulfide) groups is 1. The normalized spacial score (nSPS) is 15.7. The van der Waals surface area contributed by atoms with Crippen molar-refractivity contribution in [1.29, 1.82) is 0 Å². The van der Waals surface area contributed by atoms with E-state index in [1.807, 2.05) is 20.8 Å². The molecule has 2 atom stereocenters. The number of carbonyl (C=O) groups is 1. The van der Waals surface area contributed by atoms with Gasteiger partial charge < -0.3 is 5.11 Å². The van der Waals surface area contributed by atoms with E-state index in [2.05, 4.69) is 0 Å². The number of carbonyl (C=O) groups excluding carboxylic acids is 1. The van der Waals surface area contributed by atoms with Crippen LogP contribution in [0.3, 0.4) is 0 Å². The third-order valence-corrected chi connectivity index (χ3v) is 3.15. The summed E-state index contributed by atoms with van der Waals surface area (Å²) < 4.78 is 0. The van der Waals surface area contributed by atoms with Crippen molar-refractivity contribution in [1.82, 2.24) is 0 Å². The fourth-order valence-electron chi connectivity index (χ4n) is 0.962. The molecular formula is C9H18O2S. The SMILES string of the molecule is CCC(=O)C(C)SC(C)CCO. The van der Waals surface area contributed by atoms with Gasteiger partial charge in [0.1, 0.15) is 5.78 Å². The average molecular weight is 190 g/mol. The Balaban J connectivity index is 3.67. The van der Waals surface area contributed by atoms with Gasteiger partial charge in [-0.25, -0.2) is 0 Å². The number of hydrogen-bond acceptors (Lipinski definition) is 3. The lowest BCUT2D eigenvalue weighted by Gasteiger charge is -2.14. The first-order valence-corrected chi connectivity index (χ1v) is 5.35. The molecule has 3 heteroatoms. The minimum absolute atomic E-state index is 0.0801. The zero-order chi connectivity index (χ0) is 9.56. The molecule has 0 aliphatic heterocycles. The molecule has 0 aromatic carbocycles. The largest absolute Gasteiger partial charge is 0.396 e. The molecule has 0 heterocycles. The third kappa shape index (κ3) is 4.78. The lowest BCUT2D eigenvalue weighted by atomic mass is 10.2. The van der Waals surface area contributed by atoms with E-state index in [1.54, 1.807) is 11.8 Å². The molecule has 0 aromatic rings. The number of rotatable bonds is 6.